The van der Waals surface area contributed by atoms with Gasteiger partial charge in [0.1, 0.15) is 11.3 Å². The van der Waals surface area contributed by atoms with E-state index in [1.165, 1.54) is 0 Å². The van der Waals surface area contributed by atoms with E-state index in [0.29, 0.717) is 16.6 Å². The number of benzene rings is 1. The van der Waals surface area contributed by atoms with Crippen molar-refractivity contribution in [1.29, 1.82) is 0 Å². The Kier molecular flexibility index (Phi) is 4.58. The lowest BCUT2D eigenvalue weighted by atomic mass is 10.2. The zero-order valence-corrected chi connectivity index (χ0v) is 15.9. The number of carbonyl (C=O) groups is 1. The van der Waals surface area contributed by atoms with Crippen LogP contribution in [0.3, 0.4) is 0 Å². The summed E-state index contributed by atoms with van der Waals surface area (Å²) >= 11 is 4.09. The smallest absolute Gasteiger partial charge is 0.435 e. The number of hydrogen-bond acceptors (Lipinski definition) is 6. The first-order valence-electron chi connectivity index (χ1n) is 7.19. The Balaban J connectivity index is 2.15. The molecule has 0 bridgehead atoms. The van der Waals surface area contributed by atoms with Gasteiger partial charge in [-0.15, -0.1) is 10.2 Å². The molecular formula is C15H13BrF2N4O2S. The molecule has 25 heavy (non-hydrogen) atoms. The molecular weight excluding hydrogens is 418 g/mol. The lowest BCUT2D eigenvalue weighted by Gasteiger charge is -2.19. The van der Waals surface area contributed by atoms with E-state index in [1.54, 1.807) is 39.0 Å². The van der Waals surface area contributed by atoms with Gasteiger partial charge in [-0.05, 0) is 39.0 Å². The van der Waals surface area contributed by atoms with Crippen molar-refractivity contribution in [3.8, 4) is 10.7 Å². The Labute approximate surface area is 153 Å². The van der Waals surface area contributed by atoms with Gasteiger partial charge in [0.15, 0.2) is 10.0 Å². The second kappa shape index (κ2) is 6.41. The number of alkyl halides is 2. The van der Waals surface area contributed by atoms with E-state index in [-0.39, 0.29) is 5.01 Å². The fourth-order valence-electron chi connectivity index (χ4n) is 2.11. The van der Waals surface area contributed by atoms with Crippen molar-refractivity contribution < 1.29 is 18.3 Å². The van der Waals surface area contributed by atoms with Gasteiger partial charge >= 0.3 is 6.09 Å². The van der Waals surface area contributed by atoms with Crippen LogP contribution in [0.1, 0.15) is 32.2 Å². The Morgan fingerprint density at radius 2 is 2.04 bits per heavy atom. The van der Waals surface area contributed by atoms with E-state index in [0.717, 1.165) is 20.5 Å². The minimum absolute atomic E-state index is 0.209. The summed E-state index contributed by atoms with van der Waals surface area (Å²) in [4.78, 5) is 12.4. The number of fused-ring (bicyclic) bond motifs is 1. The van der Waals surface area contributed by atoms with E-state index in [1.807, 2.05) is 0 Å². The summed E-state index contributed by atoms with van der Waals surface area (Å²) in [5, 5.41) is 11.9. The van der Waals surface area contributed by atoms with Crippen molar-refractivity contribution in [2.24, 2.45) is 0 Å². The number of hydrogen-bond donors (Lipinski definition) is 0. The lowest BCUT2D eigenvalue weighted by Crippen LogP contribution is -2.27. The predicted molar refractivity (Wildman–Crippen MR) is 92.9 cm³/mol. The Hall–Kier alpha value is -1.94. The molecule has 0 radical (unpaired) electrons. The molecule has 3 rings (SSSR count). The molecule has 2 heterocycles. The molecule has 10 heteroatoms. The molecule has 0 aliphatic heterocycles. The van der Waals surface area contributed by atoms with Crippen molar-refractivity contribution in [1.82, 2.24) is 20.0 Å². The highest BCUT2D eigenvalue weighted by Gasteiger charge is 2.25. The third-order valence-electron chi connectivity index (χ3n) is 3.04. The molecule has 0 fully saturated rings. The zero-order chi connectivity index (χ0) is 18.4. The Morgan fingerprint density at radius 3 is 2.64 bits per heavy atom. The fourth-order valence-corrected chi connectivity index (χ4v) is 3.17. The largest absolute Gasteiger partial charge is 0.442 e. The number of halogens is 3. The van der Waals surface area contributed by atoms with Gasteiger partial charge in [0.05, 0.1) is 5.52 Å². The molecule has 0 saturated carbocycles. The second-order valence-corrected chi connectivity index (χ2v) is 8.07. The average Bonchev–Trinajstić information content (AvgIpc) is 3.08. The zero-order valence-electron chi connectivity index (χ0n) is 13.5. The first-order chi connectivity index (χ1) is 11.7. The lowest BCUT2D eigenvalue weighted by molar-refractivity contribution is 0.0523. The maximum Gasteiger partial charge on any atom is 0.435 e. The molecule has 132 valence electrons. The van der Waals surface area contributed by atoms with E-state index in [9.17, 15) is 13.6 Å². The van der Waals surface area contributed by atoms with Crippen LogP contribution < -0.4 is 0 Å². The summed E-state index contributed by atoms with van der Waals surface area (Å²) in [6.07, 6.45) is -3.37. The summed E-state index contributed by atoms with van der Waals surface area (Å²) < 4.78 is 32.8. The maximum absolute atomic E-state index is 12.8. The monoisotopic (exact) mass is 430 g/mol. The third-order valence-corrected chi connectivity index (χ3v) is 4.47. The number of aromatic nitrogens is 4. The van der Waals surface area contributed by atoms with Crippen LogP contribution in [0.2, 0.25) is 0 Å². The van der Waals surface area contributed by atoms with E-state index in [4.69, 9.17) is 4.74 Å². The van der Waals surface area contributed by atoms with Crippen molar-refractivity contribution in [2.45, 2.75) is 32.8 Å². The van der Waals surface area contributed by atoms with Gasteiger partial charge in [-0.2, -0.15) is 9.78 Å². The number of nitrogens with zero attached hydrogens (tertiary/aromatic N) is 4. The molecule has 0 saturated heterocycles. The van der Waals surface area contributed by atoms with E-state index < -0.39 is 23.1 Å². The Bertz CT molecular complexity index is 949. The molecule has 0 atom stereocenters. The summed E-state index contributed by atoms with van der Waals surface area (Å²) in [6, 6.07) is 5.18. The van der Waals surface area contributed by atoms with Crippen molar-refractivity contribution in [2.75, 3.05) is 0 Å². The highest BCUT2D eigenvalue weighted by atomic mass is 79.9. The molecule has 3 aromatic rings. The molecule has 0 spiro atoms. The van der Waals surface area contributed by atoms with Crippen LogP contribution in [0.15, 0.2) is 22.7 Å². The fraction of sp³-hybridized carbons (Fsp3) is 0.333. The summed E-state index contributed by atoms with van der Waals surface area (Å²) in [5.41, 5.74) is 0.0871. The summed E-state index contributed by atoms with van der Waals surface area (Å²) in [7, 11) is 0. The van der Waals surface area contributed by atoms with Crippen LogP contribution in [0.25, 0.3) is 21.6 Å². The van der Waals surface area contributed by atoms with Crippen LogP contribution in [0.5, 0.6) is 0 Å². The molecule has 0 unspecified atom stereocenters. The highest BCUT2D eigenvalue weighted by molar-refractivity contribution is 9.10. The van der Waals surface area contributed by atoms with Crippen molar-refractivity contribution in [3.63, 3.8) is 0 Å². The van der Waals surface area contributed by atoms with Gasteiger partial charge in [-0.3, -0.25) is 0 Å². The van der Waals surface area contributed by atoms with E-state index in [2.05, 4.69) is 31.2 Å². The van der Waals surface area contributed by atoms with Crippen molar-refractivity contribution in [3.05, 3.63) is 27.7 Å². The van der Waals surface area contributed by atoms with Gasteiger partial charge in [0, 0.05) is 9.86 Å². The third kappa shape index (κ3) is 3.69. The minimum atomic E-state index is -2.71. The van der Waals surface area contributed by atoms with Gasteiger partial charge in [-0.1, -0.05) is 27.3 Å². The maximum atomic E-state index is 12.8. The molecule has 0 aliphatic carbocycles. The van der Waals surface area contributed by atoms with E-state index >= 15 is 0 Å². The number of rotatable bonds is 2. The standard InChI is InChI=1S/C15H13BrF2N4O2S/c1-15(2,3)24-14(23)22-9-5-4-7(16)6-8(9)10(21-22)12-19-20-13(25-12)11(17)18/h4-6,11H,1-3H3. The quantitative estimate of drug-likeness (QED) is 0.569. The SMILES string of the molecule is CC(C)(C)OC(=O)n1nc(-c2nnc(C(F)F)s2)c2cc(Br)ccc21. The van der Waals surface area contributed by atoms with Crippen LogP contribution in [-0.4, -0.2) is 31.7 Å². The predicted octanol–water partition coefficient (Wildman–Crippen LogP) is 5.04. The summed E-state index contributed by atoms with van der Waals surface area (Å²) in [6.45, 7) is 5.23. The van der Waals surface area contributed by atoms with Crippen molar-refractivity contribution >= 4 is 44.3 Å². The summed E-state index contributed by atoms with van der Waals surface area (Å²) in [5.74, 6) is 0. The van der Waals surface area contributed by atoms with Gasteiger partial charge in [-0.25, -0.2) is 13.6 Å². The van der Waals surface area contributed by atoms with Gasteiger partial charge in [0.2, 0.25) is 0 Å². The molecule has 0 N–H and O–H groups in total. The molecule has 6 nitrogen and oxygen atoms in total. The minimum Gasteiger partial charge on any atom is -0.442 e. The van der Waals surface area contributed by atoms with Gasteiger partial charge < -0.3 is 4.74 Å². The second-order valence-electron chi connectivity index (χ2n) is 6.15. The molecule has 2 aromatic heterocycles. The molecule has 1 aromatic carbocycles. The highest BCUT2D eigenvalue weighted by Crippen LogP contribution is 2.34. The van der Waals surface area contributed by atoms with Crippen LogP contribution in [0, 0.1) is 0 Å². The molecule has 0 amide bonds. The van der Waals surface area contributed by atoms with Crippen LogP contribution in [0.4, 0.5) is 13.6 Å². The van der Waals surface area contributed by atoms with Crippen LogP contribution in [-0.2, 0) is 4.74 Å². The normalized spacial score (nSPS) is 12.1. The number of ether oxygens (including phenoxy) is 1. The topological polar surface area (TPSA) is 69.9 Å². The molecule has 0 aliphatic rings. The first-order valence-corrected chi connectivity index (χ1v) is 8.80. The number of carbonyl (C=O) groups excluding carboxylic acids is 1. The first kappa shape index (κ1) is 17.9. The van der Waals surface area contributed by atoms with Crippen LogP contribution >= 0.6 is 27.3 Å². The van der Waals surface area contributed by atoms with Gasteiger partial charge in [0.25, 0.3) is 6.43 Å². The average molecular weight is 431 g/mol. The Morgan fingerprint density at radius 1 is 1.32 bits per heavy atom.